The summed E-state index contributed by atoms with van der Waals surface area (Å²) in [4.78, 5) is 18.4. The van der Waals surface area contributed by atoms with Gasteiger partial charge in [-0.3, -0.25) is 0 Å². The number of piperidine rings is 1. The van der Waals surface area contributed by atoms with E-state index in [4.69, 9.17) is 10.00 Å². The first-order chi connectivity index (χ1) is 10.9. The lowest BCUT2D eigenvalue weighted by molar-refractivity contribution is 0.0523. The van der Waals surface area contributed by atoms with Gasteiger partial charge in [-0.25, -0.2) is 9.78 Å². The minimum absolute atomic E-state index is 0.165. The second-order valence-electron chi connectivity index (χ2n) is 6.74. The van der Waals surface area contributed by atoms with E-state index in [2.05, 4.69) is 21.3 Å². The Morgan fingerprint density at radius 1 is 1.52 bits per heavy atom. The molecule has 1 aliphatic heterocycles. The summed E-state index contributed by atoms with van der Waals surface area (Å²) in [5.74, 6) is 0.791. The van der Waals surface area contributed by atoms with Crippen molar-refractivity contribution >= 4 is 11.9 Å². The van der Waals surface area contributed by atoms with Crippen molar-refractivity contribution in [2.75, 3.05) is 18.0 Å². The van der Waals surface area contributed by atoms with E-state index in [0.29, 0.717) is 12.1 Å². The highest BCUT2D eigenvalue weighted by atomic mass is 16.6. The van der Waals surface area contributed by atoms with E-state index in [9.17, 15) is 4.79 Å². The molecule has 0 aliphatic carbocycles. The first kappa shape index (κ1) is 17.1. The second-order valence-corrected chi connectivity index (χ2v) is 6.74. The topological polar surface area (TPSA) is 78.2 Å². The van der Waals surface area contributed by atoms with Crippen LogP contribution in [-0.4, -0.2) is 35.8 Å². The number of anilines is 1. The van der Waals surface area contributed by atoms with Gasteiger partial charge in [-0.1, -0.05) is 0 Å². The molecule has 0 aromatic carbocycles. The molecule has 1 fully saturated rings. The van der Waals surface area contributed by atoms with Crippen LogP contribution < -0.4 is 10.2 Å². The number of carbonyl (C=O) groups excluding carboxylic acids is 1. The third-order valence-electron chi connectivity index (χ3n) is 3.68. The molecule has 1 saturated heterocycles. The summed E-state index contributed by atoms with van der Waals surface area (Å²) in [5, 5.41) is 11.9. The fourth-order valence-electron chi connectivity index (χ4n) is 2.67. The van der Waals surface area contributed by atoms with Crippen molar-refractivity contribution in [3.63, 3.8) is 0 Å². The molecule has 0 spiro atoms. The molecule has 23 heavy (non-hydrogen) atoms. The largest absolute Gasteiger partial charge is 0.444 e. The van der Waals surface area contributed by atoms with Crippen molar-refractivity contribution in [2.24, 2.45) is 0 Å². The Morgan fingerprint density at radius 2 is 2.30 bits per heavy atom. The molecule has 1 aromatic rings. The van der Waals surface area contributed by atoms with Gasteiger partial charge in [0.25, 0.3) is 0 Å². The SMILES string of the molecule is CC(C)(C)OC(=O)NCC1CCCCN1c1cc(C#N)ccn1. The number of nitrogens with zero attached hydrogens (tertiary/aromatic N) is 3. The van der Waals surface area contributed by atoms with Gasteiger partial charge in [0.15, 0.2) is 0 Å². The van der Waals surface area contributed by atoms with Crippen molar-refractivity contribution in [3.05, 3.63) is 23.9 Å². The molecule has 2 heterocycles. The summed E-state index contributed by atoms with van der Waals surface area (Å²) in [7, 11) is 0. The predicted molar refractivity (Wildman–Crippen MR) is 88.2 cm³/mol. The number of rotatable bonds is 3. The molecule has 1 aromatic heterocycles. The fraction of sp³-hybridized carbons (Fsp3) is 0.588. The van der Waals surface area contributed by atoms with Gasteiger partial charge in [-0.05, 0) is 52.2 Å². The van der Waals surface area contributed by atoms with Crippen LogP contribution in [0.5, 0.6) is 0 Å². The summed E-state index contributed by atoms with van der Waals surface area (Å²) in [6.45, 7) is 6.92. The minimum atomic E-state index is -0.501. The normalized spacial score (nSPS) is 18.2. The number of ether oxygens (including phenoxy) is 1. The summed E-state index contributed by atoms with van der Waals surface area (Å²) in [6, 6.07) is 5.80. The number of alkyl carbamates (subject to hydrolysis) is 1. The summed E-state index contributed by atoms with van der Waals surface area (Å²) in [5.41, 5.74) is 0.0957. The van der Waals surface area contributed by atoms with Crippen LogP contribution in [0.15, 0.2) is 18.3 Å². The lowest BCUT2D eigenvalue weighted by Gasteiger charge is -2.37. The van der Waals surface area contributed by atoms with Gasteiger partial charge >= 0.3 is 6.09 Å². The zero-order valence-corrected chi connectivity index (χ0v) is 14.0. The smallest absolute Gasteiger partial charge is 0.407 e. The number of hydrogen-bond donors (Lipinski definition) is 1. The Hall–Kier alpha value is -2.29. The van der Waals surface area contributed by atoms with E-state index >= 15 is 0 Å². The lowest BCUT2D eigenvalue weighted by Crippen LogP contribution is -2.48. The van der Waals surface area contributed by atoms with Crippen molar-refractivity contribution < 1.29 is 9.53 Å². The van der Waals surface area contributed by atoms with E-state index in [1.165, 1.54) is 0 Å². The molecule has 2 rings (SSSR count). The molecule has 1 N–H and O–H groups in total. The number of pyridine rings is 1. The average molecular weight is 316 g/mol. The van der Waals surface area contributed by atoms with Crippen molar-refractivity contribution in [1.29, 1.82) is 5.26 Å². The molecule has 6 nitrogen and oxygen atoms in total. The van der Waals surface area contributed by atoms with Crippen LogP contribution in [0.4, 0.5) is 10.6 Å². The van der Waals surface area contributed by atoms with Crippen LogP contribution in [-0.2, 0) is 4.74 Å². The summed E-state index contributed by atoms with van der Waals surface area (Å²) >= 11 is 0. The van der Waals surface area contributed by atoms with Gasteiger partial charge in [0.05, 0.1) is 11.6 Å². The third kappa shape index (κ3) is 5.13. The predicted octanol–water partition coefficient (Wildman–Crippen LogP) is 2.84. The fourth-order valence-corrected chi connectivity index (χ4v) is 2.67. The Balaban J connectivity index is 2.01. The molecule has 1 unspecified atom stereocenters. The molecule has 0 bridgehead atoms. The zero-order valence-electron chi connectivity index (χ0n) is 14.0. The number of aromatic nitrogens is 1. The highest BCUT2D eigenvalue weighted by Gasteiger charge is 2.25. The summed E-state index contributed by atoms with van der Waals surface area (Å²) < 4.78 is 5.28. The van der Waals surface area contributed by atoms with Crippen LogP contribution >= 0.6 is 0 Å². The van der Waals surface area contributed by atoms with E-state index in [0.717, 1.165) is 31.6 Å². The van der Waals surface area contributed by atoms with Crippen molar-refractivity contribution in [2.45, 2.75) is 51.7 Å². The molecular formula is C17H24N4O2. The molecule has 1 aliphatic rings. The van der Waals surface area contributed by atoms with E-state index in [1.54, 1.807) is 18.3 Å². The highest BCUT2D eigenvalue weighted by molar-refractivity contribution is 5.67. The zero-order chi connectivity index (χ0) is 16.9. The minimum Gasteiger partial charge on any atom is -0.444 e. The highest BCUT2D eigenvalue weighted by Crippen LogP contribution is 2.23. The maximum atomic E-state index is 11.8. The Morgan fingerprint density at radius 3 is 3.00 bits per heavy atom. The number of amides is 1. The van der Waals surface area contributed by atoms with Gasteiger partial charge < -0.3 is 15.0 Å². The standard InChI is InChI=1S/C17H24N4O2/c1-17(2,3)23-16(22)20-12-14-6-4-5-9-21(14)15-10-13(11-18)7-8-19-15/h7-8,10,14H,4-6,9,12H2,1-3H3,(H,20,22). The van der Waals surface area contributed by atoms with Gasteiger partial charge in [0, 0.05) is 25.3 Å². The first-order valence-corrected chi connectivity index (χ1v) is 7.99. The molecule has 0 saturated carbocycles. The molecule has 0 radical (unpaired) electrons. The van der Waals surface area contributed by atoms with Crippen LogP contribution in [0.25, 0.3) is 0 Å². The van der Waals surface area contributed by atoms with Gasteiger partial charge in [0.1, 0.15) is 11.4 Å². The van der Waals surface area contributed by atoms with Crippen molar-refractivity contribution in [3.8, 4) is 6.07 Å². The van der Waals surface area contributed by atoms with Gasteiger partial charge in [-0.15, -0.1) is 0 Å². The number of nitriles is 1. The molecule has 124 valence electrons. The third-order valence-corrected chi connectivity index (χ3v) is 3.68. The Bertz CT molecular complexity index is 589. The number of carbonyl (C=O) groups is 1. The quantitative estimate of drug-likeness (QED) is 0.927. The van der Waals surface area contributed by atoms with Crippen LogP contribution in [0.3, 0.4) is 0 Å². The molecule has 1 amide bonds. The van der Waals surface area contributed by atoms with Crippen LogP contribution in [0.1, 0.15) is 45.6 Å². The van der Waals surface area contributed by atoms with Gasteiger partial charge in [-0.2, -0.15) is 5.26 Å². The number of hydrogen-bond acceptors (Lipinski definition) is 5. The average Bonchev–Trinajstić information content (AvgIpc) is 2.51. The lowest BCUT2D eigenvalue weighted by atomic mass is 10.0. The van der Waals surface area contributed by atoms with Crippen molar-refractivity contribution in [1.82, 2.24) is 10.3 Å². The van der Waals surface area contributed by atoms with Gasteiger partial charge in [0.2, 0.25) is 0 Å². The second kappa shape index (κ2) is 7.32. The van der Waals surface area contributed by atoms with Crippen LogP contribution in [0.2, 0.25) is 0 Å². The van der Waals surface area contributed by atoms with E-state index < -0.39 is 11.7 Å². The summed E-state index contributed by atoms with van der Waals surface area (Å²) in [6.07, 6.45) is 4.44. The molecule has 6 heteroatoms. The Kier molecular flexibility index (Phi) is 5.43. The van der Waals surface area contributed by atoms with Crippen LogP contribution in [0, 0.1) is 11.3 Å². The first-order valence-electron chi connectivity index (χ1n) is 7.99. The maximum Gasteiger partial charge on any atom is 0.407 e. The maximum absolute atomic E-state index is 11.8. The number of nitrogens with one attached hydrogen (secondary N) is 1. The Labute approximate surface area is 137 Å². The molecular weight excluding hydrogens is 292 g/mol. The molecule has 1 atom stereocenters. The van der Waals surface area contributed by atoms with E-state index in [1.807, 2.05) is 20.8 Å². The van der Waals surface area contributed by atoms with E-state index in [-0.39, 0.29) is 6.04 Å². The monoisotopic (exact) mass is 316 g/mol.